The van der Waals surface area contributed by atoms with Crippen LogP contribution < -0.4 is 15.8 Å². The van der Waals surface area contributed by atoms with E-state index in [4.69, 9.17) is 10.5 Å². The smallest absolute Gasteiger partial charge is 0.267 e. The molecule has 3 aromatic rings. The number of anilines is 2. The Balaban J connectivity index is 1.87. The number of fused-ring (bicyclic) bond motifs is 1. The Morgan fingerprint density at radius 1 is 1.25 bits per heavy atom. The Morgan fingerprint density at radius 3 is 2.67 bits per heavy atom. The third kappa shape index (κ3) is 3.19. The van der Waals surface area contributed by atoms with Crippen LogP contribution in [0.5, 0.6) is 5.75 Å². The highest BCUT2D eigenvalue weighted by Crippen LogP contribution is 2.33. The number of hydrogen-bond donors (Lipinski definition) is 2. The second-order valence-electron chi connectivity index (χ2n) is 5.43. The predicted molar refractivity (Wildman–Crippen MR) is 99.0 cm³/mol. The summed E-state index contributed by atoms with van der Waals surface area (Å²) >= 11 is 1.33. The number of nitrogen functional groups attached to an aromatic ring is 1. The van der Waals surface area contributed by atoms with Crippen LogP contribution in [0.1, 0.15) is 28.7 Å². The molecule has 3 N–H and O–H groups in total. The van der Waals surface area contributed by atoms with E-state index in [0.29, 0.717) is 16.3 Å². The molecule has 0 fully saturated rings. The van der Waals surface area contributed by atoms with Crippen LogP contribution in [0.3, 0.4) is 0 Å². The summed E-state index contributed by atoms with van der Waals surface area (Å²) in [5.74, 6) is 0.514. The summed E-state index contributed by atoms with van der Waals surface area (Å²) in [5, 5.41) is 3.69. The SMILES string of the molecule is CCCc1ccc2c(N)c(C(=O)Nc3ccc(OC)cc3)sc2n1. The molecule has 0 saturated heterocycles. The Hall–Kier alpha value is -2.60. The number of rotatable bonds is 5. The van der Waals surface area contributed by atoms with Crippen LogP contribution in [0, 0.1) is 0 Å². The first-order chi connectivity index (χ1) is 11.6. The minimum atomic E-state index is -0.224. The standard InChI is InChI=1S/C18H19N3O2S/c1-3-4-11-7-10-14-15(19)16(24-18(14)21-11)17(22)20-12-5-8-13(23-2)9-6-12/h5-10H,3-4,19H2,1-2H3,(H,20,22). The third-order valence-electron chi connectivity index (χ3n) is 3.71. The van der Waals surface area contributed by atoms with Gasteiger partial charge in [-0.1, -0.05) is 13.3 Å². The summed E-state index contributed by atoms with van der Waals surface area (Å²) in [4.78, 5) is 18.4. The molecule has 0 spiro atoms. The van der Waals surface area contributed by atoms with Crippen molar-refractivity contribution in [2.45, 2.75) is 19.8 Å². The summed E-state index contributed by atoms with van der Waals surface area (Å²) < 4.78 is 5.11. The van der Waals surface area contributed by atoms with E-state index < -0.39 is 0 Å². The van der Waals surface area contributed by atoms with E-state index >= 15 is 0 Å². The molecule has 124 valence electrons. The number of carbonyl (C=O) groups excluding carboxylic acids is 1. The number of nitrogens with zero attached hydrogens (tertiary/aromatic N) is 1. The Kier molecular flexibility index (Phi) is 4.66. The van der Waals surface area contributed by atoms with E-state index in [1.165, 1.54) is 11.3 Å². The van der Waals surface area contributed by atoms with Gasteiger partial charge in [0.2, 0.25) is 0 Å². The Bertz CT molecular complexity index is 872. The highest BCUT2D eigenvalue weighted by molar-refractivity contribution is 7.21. The maximum atomic E-state index is 12.5. The lowest BCUT2D eigenvalue weighted by atomic mass is 10.2. The van der Waals surface area contributed by atoms with Crippen LogP contribution in [0.15, 0.2) is 36.4 Å². The number of pyridine rings is 1. The number of thiophene rings is 1. The first kappa shape index (κ1) is 16.3. The van der Waals surface area contributed by atoms with Gasteiger partial charge >= 0.3 is 0 Å². The lowest BCUT2D eigenvalue weighted by molar-refractivity contribution is 0.103. The molecule has 1 aromatic carbocycles. The lowest BCUT2D eigenvalue weighted by Crippen LogP contribution is -2.11. The van der Waals surface area contributed by atoms with Gasteiger partial charge in [0.25, 0.3) is 5.91 Å². The van der Waals surface area contributed by atoms with Gasteiger partial charge in [-0.25, -0.2) is 4.98 Å². The number of benzene rings is 1. The zero-order valence-electron chi connectivity index (χ0n) is 13.6. The maximum Gasteiger partial charge on any atom is 0.267 e. The highest BCUT2D eigenvalue weighted by Gasteiger charge is 2.17. The van der Waals surface area contributed by atoms with Crippen molar-refractivity contribution in [3.63, 3.8) is 0 Å². The molecule has 0 unspecified atom stereocenters. The van der Waals surface area contributed by atoms with Gasteiger partial charge in [0.1, 0.15) is 15.5 Å². The molecule has 0 aliphatic carbocycles. The van der Waals surface area contributed by atoms with E-state index in [1.54, 1.807) is 31.4 Å². The number of nitrogens with two attached hydrogens (primary N) is 1. The molecule has 0 saturated carbocycles. The molecule has 5 nitrogen and oxygen atoms in total. The minimum absolute atomic E-state index is 0.224. The van der Waals surface area contributed by atoms with Gasteiger partial charge in [-0.05, 0) is 42.8 Å². The molecule has 0 aliphatic heterocycles. The molecule has 0 atom stereocenters. The van der Waals surface area contributed by atoms with Gasteiger partial charge in [-0.3, -0.25) is 4.79 Å². The van der Waals surface area contributed by atoms with Crippen LogP contribution in [0.2, 0.25) is 0 Å². The summed E-state index contributed by atoms with van der Waals surface area (Å²) in [6.07, 6.45) is 1.95. The van der Waals surface area contributed by atoms with E-state index in [2.05, 4.69) is 17.2 Å². The van der Waals surface area contributed by atoms with E-state index in [1.807, 2.05) is 12.1 Å². The topological polar surface area (TPSA) is 77.2 Å². The molecule has 3 rings (SSSR count). The quantitative estimate of drug-likeness (QED) is 0.733. The van der Waals surface area contributed by atoms with Crippen molar-refractivity contribution in [2.75, 3.05) is 18.2 Å². The average molecular weight is 341 g/mol. The number of nitrogens with one attached hydrogen (secondary N) is 1. The van der Waals surface area contributed by atoms with Crippen LogP contribution in [-0.2, 0) is 6.42 Å². The first-order valence-corrected chi connectivity index (χ1v) is 8.57. The monoisotopic (exact) mass is 341 g/mol. The van der Waals surface area contributed by atoms with Crippen molar-refractivity contribution in [3.8, 4) is 5.75 Å². The zero-order chi connectivity index (χ0) is 17.1. The highest BCUT2D eigenvalue weighted by atomic mass is 32.1. The molecule has 2 aromatic heterocycles. The van der Waals surface area contributed by atoms with Crippen LogP contribution in [0.25, 0.3) is 10.2 Å². The molecule has 0 aliphatic rings. The molecule has 0 radical (unpaired) electrons. The first-order valence-electron chi connectivity index (χ1n) is 7.75. The van der Waals surface area contributed by atoms with Crippen LogP contribution in [0.4, 0.5) is 11.4 Å². The van der Waals surface area contributed by atoms with E-state index in [9.17, 15) is 4.79 Å². The van der Waals surface area contributed by atoms with Crippen LogP contribution in [-0.4, -0.2) is 18.0 Å². The molecule has 2 heterocycles. The fourth-order valence-corrected chi connectivity index (χ4v) is 3.47. The number of methoxy groups -OCH3 is 1. The van der Waals surface area contributed by atoms with Crippen LogP contribution >= 0.6 is 11.3 Å². The van der Waals surface area contributed by atoms with E-state index in [0.717, 1.165) is 34.5 Å². The number of amides is 1. The van der Waals surface area contributed by atoms with E-state index in [-0.39, 0.29) is 5.91 Å². The molecule has 24 heavy (non-hydrogen) atoms. The molecule has 6 heteroatoms. The van der Waals surface area contributed by atoms with Gasteiger partial charge in [-0.15, -0.1) is 11.3 Å². The van der Waals surface area contributed by atoms with Gasteiger partial charge in [0.15, 0.2) is 0 Å². The number of hydrogen-bond acceptors (Lipinski definition) is 5. The molecular weight excluding hydrogens is 322 g/mol. The lowest BCUT2D eigenvalue weighted by Gasteiger charge is -2.05. The van der Waals surface area contributed by atoms with Gasteiger partial charge in [0, 0.05) is 16.8 Å². The second kappa shape index (κ2) is 6.88. The predicted octanol–water partition coefficient (Wildman–Crippen LogP) is 4.09. The third-order valence-corrected chi connectivity index (χ3v) is 4.83. The van der Waals surface area contributed by atoms with Gasteiger partial charge in [0.05, 0.1) is 12.8 Å². The fourth-order valence-electron chi connectivity index (χ4n) is 2.46. The molecule has 1 amide bonds. The number of aromatic nitrogens is 1. The van der Waals surface area contributed by atoms with Crippen molar-refractivity contribution in [3.05, 3.63) is 47.0 Å². The average Bonchev–Trinajstić information content (AvgIpc) is 2.92. The van der Waals surface area contributed by atoms with Crippen molar-refractivity contribution in [1.29, 1.82) is 0 Å². The summed E-state index contributed by atoms with van der Waals surface area (Å²) in [5.41, 5.74) is 8.35. The number of carbonyl (C=O) groups is 1. The maximum absolute atomic E-state index is 12.5. The second-order valence-corrected chi connectivity index (χ2v) is 6.43. The minimum Gasteiger partial charge on any atom is -0.497 e. The normalized spacial score (nSPS) is 10.8. The molecular formula is C18H19N3O2S. The number of ether oxygens (including phenoxy) is 1. The number of aryl methyl sites for hydroxylation is 1. The zero-order valence-corrected chi connectivity index (χ0v) is 14.4. The van der Waals surface area contributed by atoms with Gasteiger partial charge in [-0.2, -0.15) is 0 Å². The Labute approximate surface area is 144 Å². The van der Waals surface area contributed by atoms with Crippen molar-refractivity contribution in [1.82, 2.24) is 4.98 Å². The summed E-state index contributed by atoms with van der Waals surface area (Å²) in [7, 11) is 1.60. The summed E-state index contributed by atoms with van der Waals surface area (Å²) in [6, 6.07) is 11.1. The molecule has 0 bridgehead atoms. The fraction of sp³-hybridized carbons (Fsp3) is 0.222. The largest absolute Gasteiger partial charge is 0.497 e. The van der Waals surface area contributed by atoms with Crippen molar-refractivity contribution >= 4 is 38.8 Å². The van der Waals surface area contributed by atoms with Crippen molar-refractivity contribution < 1.29 is 9.53 Å². The summed E-state index contributed by atoms with van der Waals surface area (Å²) in [6.45, 7) is 2.11. The van der Waals surface area contributed by atoms with Gasteiger partial charge < -0.3 is 15.8 Å². The Morgan fingerprint density at radius 2 is 2.00 bits per heavy atom. The van der Waals surface area contributed by atoms with Crippen molar-refractivity contribution in [2.24, 2.45) is 0 Å².